The van der Waals surface area contributed by atoms with Gasteiger partial charge in [0, 0.05) is 19.1 Å². The molecule has 0 fully saturated rings. The molecule has 1 atom stereocenters. The molecule has 1 aromatic rings. The number of carbonyl (C=O) groups is 1. The van der Waals surface area contributed by atoms with Gasteiger partial charge in [0.15, 0.2) is 5.78 Å². The van der Waals surface area contributed by atoms with Crippen LogP contribution < -0.4 is 0 Å². The van der Waals surface area contributed by atoms with Crippen LogP contribution in [0.5, 0.6) is 0 Å². The van der Waals surface area contributed by atoms with Crippen molar-refractivity contribution in [3.8, 4) is 0 Å². The lowest BCUT2D eigenvalue weighted by Crippen LogP contribution is -2.22. The molecule has 1 unspecified atom stereocenters. The second-order valence-corrected chi connectivity index (χ2v) is 6.68. The minimum atomic E-state index is -0.242. The van der Waals surface area contributed by atoms with Crippen molar-refractivity contribution in [2.75, 3.05) is 0 Å². The summed E-state index contributed by atoms with van der Waals surface area (Å²) < 4.78 is 0. The van der Waals surface area contributed by atoms with Gasteiger partial charge in [0.2, 0.25) is 0 Å². The van der Waals surface area contributed by atoms with Crippen LogP contribution in [0.25, 0.3) is 0 Å². The Labute approximate surface area is 126 Å². The number of aliphatic hydroxyl groups is 1. The molecule has 0 radical (unpaired) electrons. The number of aliphatic hydroxyl groups excluding tert-OH is 1. The summed E-state index contributed by atoms with van der Waals surface area (Å²) in [4.78, 5) is 16.5. The smallest absolute Gasteiger partial charge is 0.168 e. The topological polar surface area (TPSA) is 49.7 Å². The van der Waals surface area contributed by atoms with E-state index in [1.54, 1.807) is 0 Å². The summed E-state index contributed by atoms with van der Waals surface area (Å²) >= 11 is 0. The molecular weight excluding hydrogens is 262 g/mol. The Kier molecular flexibility index (Phi) is 4.61. The monoisotopic (exact) mass is 285 g/mol. The van der Waals surface area contributed by atoms with Gasteiger partial charge in [-0.05, 0) is 38.7 Å². The molecule has 1 aromatic carbocycles. The Balaban J connectivity index is 2.09. The molecular formula is C18H23NO2. The Morgan fingerprint density at radius 2 is 1.90 bits per heavy atom. The second-order valence-electron chi connectivity index (χ2n) is 6.68. The molecule has 2 rings (SSSR count). The number of aliphatic imine (C=N–C) groups is 1. The van der Waals surface area contributed by atoms with E-state index in [0.717, 1.165) is 6.42 Å². The molecule has 0 bridgehead atoms. The fraction of sp³-hybridized carbons (Fsp3) is 0.444. The standard InChI is InChI=1S/C18H23NO2/c1-18(2,3)19-12-15-16(20)10-14(11-17(15)21)9-13-7-5-4-6-8-13/h4-8,12,14,20H,9-11H2,1-3H3. The molecule has 21 heavy (non-hydrogen) atoms. The highest BCUT2D eigenvalue weighted by atomic mass is 16.3. The van der Waals surface area contributed by atoms with E-state index in [4.69, 9.17) is 0 Å². The SMILES string of the molecule is CC(C)(C)N=CC1=C(O)CC(Cc2ccccc2)CC1=O. The number of benzene rings is 1. The first-order valence-electron chi connectivity index (χ1n) is 7.39. The van der Waals surface area contributed by atoms with Crippen LogP contribution >= 0.6 is 0 Å². The van der Waals surface area contributed by atoms with Crippen LogP contribution in [0.1, 0.15) is 39.2 Å². The van der Waals surface area contributed by atoms with E-state index in [0.29, 0.717) is 18.4 Å². The first kappa shape index (κ1) is 15.5. The van der Waals surface area contributed by atoms with Gasteiger partial charge in [-0.15, -0.1) is 0 Å². The molecule has 112 valence electrons. The van der Waals surface area contributed by atoms with E-state index in [2.05, 4.69) is 17.1 Å². The van der Waals surface area contributed by atoms with E-state index in [-0.39, 0.29) is 23.0 Å². The zero-order valence-electron chi connectivity index (χ0n) is 13.0. The molecule has 0 amide bonds. The van der Waals surface area contributed by atoms with E-state index >= 15 is 0 Å². The molecule has 3 heteroatoms. The van der Waals surface area contributed by atoms with Crippen molar-refractivity contribution in [3.05, 3.63) is 47.2 Å². The van der Waals surface area contributed by atoms with Gasteiger partial charge >= 0.3 is 0 Å². The Morgan fingerprint density at radius 3 is 2.48 bits per heavy atom. The summed E-state index contributed by atoms with van der Waals surface area (Å²) in [6.45, 7) is 5.89. The van der Waals surface area contributed by atoms with Crippen LogP contribution in [0, 0.1) is 5.92 Å². The number of Topliss-reactive ketones (excluding diaryl/α,β-unsaturated/α-hetero) is 1. The maximum atomic E-state index is 12.2. The fourth-order valence-electron chi connectivity index (χ4n) is 2.49. The van der Waals surface area contributed by atoms with Gasteiger partial charge < -0.3 is 5.11 Å². The zero-order chi connectivity index (χ0) is 15.5. The number of hydrogen-bond acceptors (Lipinski definition) is 3. The third-order valence-corrected chi connectivity index (χ3v) is 3.52. The first-order chi connectivity index (χ1) is 9.85. The quantitative estimate of drug-likeness (QED) is 0.856. The number of ketones is 1. The molecule has 0 saturated heterocycles. The van der Waals surface area contributed by atoms with Crippen LogP contribution in [0.2, 0.25) is 0 Å². The Morgan fingerprint density at radius 1 is 1.24 bits per heavy atom. The van der Waals surface area contributed by atoms with Crippen molar-refractivity contribution in [2.24, 2.45) is 10.9 Å². The molecule has 1 aliphatic carbocycles. The lowest BCUT2D eigenvalue weighted by atomic mass is 9.83. The van der Waals surface area contributed by atoms with Gasteiger partial charge in [0.25, 0.3) is 0 Å². The van der Waals surface area contributed by atoms with E-state index in [9.17, 15) is 9.90 Å². The van der Waals surface area contributed by atoms with E-state index in [1.807, 2.05) is 39.0 Å². The fourth-order valence-corrected chi connectivity index (χ4v) is 2.49. The normalized spacial score (nSPS) is 20.3. The molecule has 3 nitrogen and oxygen atoms in total. The molecule has 1 N–H and O–H groups in total. The summed E-state index contributed by atoms with van der Waals surface area (Å²) in [5.41, 5.74) is 1.35. The number of allylic oxidation sites excluding steroid dienone is 2. The van der Waals surface area contributed by atoms with Gasteiger partial charge in [-0.3, -0.25) is 9.79 Å². The van der Waals surface area contributed by atoms with Crippen LogP contribution in [0.3, 0.4) is 0 Å². The number of rotatable bonds is 3. The second kappa shape index (κ2) is 6.25. The molecule has 0 aliphatic heterocycles. The molecule has 0 saturated carbocycles. The lowest BCUT2D eigenvalue weighted by molar-refractivity contribution is -0.116. The average molecular weight is 285 g/mol. The van der Waals surface area contributed by atoms with Crippen LogP contribution in [-0.4, -0.2) is 22.6 Å². The van der Waals surface area contributed by atoms with Crippen molar-refractivity contribution in [3.63, 3.8) is 0 Å². The summed E-state index contributed by atoms with van der Waals surface area (Å²) in [6.07, 6.45) is 3.38. The van der Waals surface area contributed by atoms with Gasteiger partial charge in [-0.1, -0.05) is 30.3 Å². The van der Waals surface area contributed by atoms with Gasteiger partial charge in [0.05, 0.1) is 11.1 Å². The maximum Gasteiger partial charge on any atom is 0.168 e. The summed E-state index contributed by atoms with van der Waals surface area (Å²) in [6, 6.07) is 10.1. The molecule has 1 aliphatic rings. The molecule has 0 heterocycles. The van der Waals surface area contributed by atoms with Crippen LogP contribution in [-0.2, 0) is 11.2 Å². The molecule has 0 spiro atoms. The summed E-state index contributed by atoms with van der Waals surface area (Å²) in [5.74, 6) is 0.347. The highest BCUT2D eigenvalue weighted by Crippen LogP contribution is 2.28. The largest absolute Gasteiger partial charge is 0.511 e. The zero-order valence-corrected chi connectivity index (χ0v) is 13.0. The van der Waals surface area contributed by atoms with Crippen LogP contribution in [0.15, 0.2) is 46.7 Å². The Bertz CT molecular complexity index is 565. The predicted octanol–water partition coefficient (Wildman–Crippen LogP) is 3.89. The maximum absolute atomic E-state index is 12.2. The third kappa shape index (κ3) is 4.55. The number of carbonyl (C=O) groups excluding carboxylic acids is 1. The first-order valence-corrected chi connectivity index (χ1v) is 7.39. The van der Waals surface area contributed by atoms with E-state index in [1.165, 1.54) is 11.8 Å². The minimum absolute atomic E-state index is 0.00678. The van der Waals surface area contributed by atoms with Gasteiger partial charge in [-0.2, -0.15) is 0 Å². The highest BCUT2D eigenvalue weighted by molar-refractivity contribution is 6.14. The van der Waals surface area contributed by atoms with Crippen molar-refractivity contribution in [1.29, 1.82) is 0 Å². The summed E-state index contributed by atoms with van der Waals surface area (Å²) in [7, 11) is 0. The van der Waals surface area contributed by atoms with E-state index < -0.39 is 0 Å². The minimum Gasteiger partial charge on any atom is -0.511 e. The molecule has 0 aromatic heterocycles. The highest BCUT2D eigenvalue weighted by Gasteiger charge is 2.27. The van der Waals surface area contributed by atoms with Crippen molar-refractivity contribution in [2.45, 2.75) is 45.6 Å². The average Bonchev–Trinajstić information content (AvgIpc) is 2.37. The number of hydrogen-bond donors (Lipinski definition) is 1. The van der Waals surface area contributed by atoms with Gasteiger partial charge in [-0.25, -0.2) is 0 Å². The van der Waals surface area contributed by atoms with Crippen molar-refractivity contribution >= 4 is 12.0 Å². The van der Waals surface area contributed by atoms with Crippen LogP contribution in [0.4, 0.5) is 0 Å². The lowest BCUT2D eigenvalue weighted by Gasteiger charge is -2.22. The van der Waals surface area contributed by atoms with Crippen molar-refractivity contribution in [1.82, 2.24) is 0 Å². The predicted molar refractivity (Wildman–Crippen MR) is 85.8 cm³/mol. The Hall–Kier alpha value is -1.90. The number of nitrogens with zero attached hydrogens (tertiary/aromatic N) is 1. The third-order valence-electron chi connectivity index (χ3n) is 3.52. The van der Waals surface area contributed by atoms with Gasteiger partial charge in [0.1, 0.15) is 5.76 Å². The summed E-state index contributed by atoms with van der Waals surface area (Å²) in [5, 5.41) is 10.2. The van der Waals surface area contributed by atoms with Crippen molar-refractivity contribution < 1.29 is 9.90 Å².